The average Bonchev–Trinajstić information content (AvgIpc) is 2.57. The van der Waals surface area contributed by atoms with Crippen LogP contribution in [-0.2, 0) is 0 Å². The van der Waals surface area contributed by atoms with Gasteiger partial charge in [-0.05, 0) is 17.7 Å². The van der Waals surface area contributed by atoms with Crippen LogP contribution in [0.3, 0.4) is 0 Å². The smallest absolute Gasteiger partial charge is 0.422 e. The molecule has 5 nitrogen and oxygen atoms in total. The van der Waals surface area contributed by atoms with Crippen molar-refractivity contribution in [1.29, 1.82) is 0 Å². The number of nitrogens with zero attached hydrogens (tertiary/aromatic N) is 1. The van der Waals surface area contributed by atoms with Gasteiger partial charge in [0.05, 0.1) is 6.20 Å². The summed E-state index contributed by atoms with van der Waals surface area (Å²) in [7, 11) is 0. The number of benzene rings is 1. The maximum absolute atomic E-state index is 12.4. The van der Waals surface area contributed by atoms with Crippen molar-refractivity contribution in [1.82, 2.24) is 4.98 Å². The number of aromatic nitrogens is 1. The van der Waals surface area contributed by atoms with E-state index >= 15 is 0 Å². The highest BCUT2D eigenvalue weighted by molar-refractivity contribution is 6.00. The number of hydrogen-bond donors (Lipinski definition) is 1. The number of nitrogens with two attached hydrogens (primary N) is 1. The molecule has 0 unspecified atom stereocenters. The van der Waals surface area contributed by atoms with Crippen LogP contribution in [0.4, 0.5) is 26.3 Å². The number of rotatable bonds is 6. The van der Waals surface area contributed by atoms with Gasteiger partial charge in [-0.25, -0.2) is 4.98 Å². The molecule has 0 bridgehead atoms. The summed E-state index contributed by atoms with van der Waals surface area (Å²) in [6.07, 6.45) is -8.52. The van der Waals surface area contributed by atoms with Crippen molar-refractivity contribution < 1.29 is 40.6 Å². The molecule has 0 fully saturated rings. The molecule has 146 valence electrons. The third kappa shape index (κ3) is 6.04. The first-order valence-corrected chi connectivity index (χ1v) is 7.24. The van der Waals surface area contributed by atoms with Crippen molar-refractivity contribution in [2.24, 2.45) is 5.73 Å². The summed E-state index contributed by atoms with van der Waals surface area (Å²) in [5.74, 6) is -1.81. The molecule has 11 heteroatoms. The average molecular weight is 394 g/mol. The summed E-state index contributed by atoms with van der Waals surface area (Å²) >= 11 is 0. The molecule has 0 aliphatic rings. The Morgan fingerprint density at radius 3 is 2.15 bits per heavy atom. The largest absolute Gasteiger partial charge is 0.482 e. The van der Waals surface area contributed by atoms with E-state index < -0.39 is 37.4 Å². The molecule has 0 aliphatic heterocycles. The number of halogens is 6. The van der Waals surface area contributed by atoms with Crippen molar-refractivity contribution in [3.8, 4) is 22.8 Å². The number of pyridine rings is 1. The molecule has 0 radical (unpaired) electrons. The molecule has 0 saturated carbocycles. The Morgan fingerprint density at radius 2 is 1.56 bits per heavy atom. The molecule has 2 rings (SSSR count). The number of ether oxygens (including phenoxy) is 2. The Kier molecular flexibility index (Phi) is 5.82. The van der Waals surface area contributed by atoms with Gasteiger partial charge in [0, 0.05) is 11.1 Å². The summed E-state index contributed by atoms with van der Waals surface area (Å²) in [6, 6.07) is 6.54. The van der Waals surface area contributed by atoms with E-state index in [1.165, 1.54) is 24.3 Å². The Morgan fingerprint density at radius 1 is 0.963 bits per heavy atom. The lowest BCUT2D eigenvalue weighted by Gasteiger charge is -2.16. The standard InChI is InChI=1S/C16H12F6N2O3/c17-15(18,19)7-26-9-5-12(10-3-1-2-4-11(10)13(23)25)14(24-6-9)27-8-16(20,21)22/h1-6H,7-8H2,(H2,23,25). The lowest BCUT2D eigenvalue weighted by Crippen LogP contribution is -2.21. The number of primary amides is 1. The van der Waals surface area contributed by atoms with E-state index in [1.54, 1.807) is 0 Å². The van der Waals surface area contributed by atoms with Crippen LogP contribution >= 0.6 is 0 Å². The Labute approximate surface area is 148 Å². The maximum atomic E-state index is 12.4. The van der Waals surface area contributed by atoms with Crippen molar-refractivity contribution >= 4 is 5.91 Å². The summed E-state index contributed by atoms with van der Waals surface area (Å²) < 4.78 is 83.4. The molecule has 0 saturated heterocycles. The monoisotopic (exact) mass is 394 g/mol. The fraction of sp³-hybridized carbons (Fsp3) is 0.250. The van der Waals surface area contributed by atoms with Crippen molar-refractivity contribution in [2.75, 3.05) is 13.2 Å². The lowest BCUT2D eigenvalue weighted by molar-refractivity contribution is -0.155. The summed E-state index contributed by atoms with van der Waals surface area (Å²) in [4.78, 5) is 15.2. The lowest BCUT2D eigenvalue weighted by atomic mass is 10.00. The number of carbonyl (C=O) groups excluding carboxylic acids is 1. The van der Waals surface area contributed by atoms with Crippen molar-refractivity contribution in [2.45, 2.75) is 12.4 Å². The van der Waals surface area contributed by atoms with Gasteiger partial charge in [-0.15, -0.1) is 0 Å². The predicted molar refractivity (Wildman–Crippen MR) is 81.3 cm³/mol. The third-order valence-electron chi connectivity index (χ3n) is 3.08. The molecule has 1 amide bonds. The molecule has 2 N–H and O–H groups in total. The summed E-state index contributed by atoms with van der Waals surface area (Å²) in [5, 5.41) is 0. The topological polar surface area (TPSA) is 74.4 Å². The van der Waals surface area contributed by atoms with Crippen LogP contribution in [0.25, 0.3) is 11.1 Å². The quantitative estimate of drug-likeness (QED) is 0.758. The molecular formula is C16H12F6N2O3. The molecule has 2 aromatic rings. The molecule has 0 atom stereocenters. The highest BCUT2D eigenvalue weighted by Gasteiger charge is 2.30. The Balaban J connectivity index is 2.48. The second-order valence-corrected chi connectivity index (χ2v) is 5.24. The minimum atomic E-state index is -4.67. The summed E-state index contributed by atoms with van der Waals surface area (Å²) in [5.41, 5.74) is 5.02. The maximum Gasteiger partial charge on any atom is 0.422 e. The summed E-state index contributed by atoms with van der Waals surface area (Å²) in [6.45, 7) is -3.32. The zero-order valence-corrected chi connectivity index (χ0v) is 13.4. The molecule has 1 aromatic carbocycles. The van der Waals surface area contributed by atoms with E-state index in [1.807, 2.05) is 0 Å². The van der Waals surface area contributed by atoms with Crippen LogP contribution in [0.1, 0.15) is 10.4 Å². The Bertz CT molecular complexity index is 821. The van der Waals surface area contributed by atoms with Gasteiger partial charge in [-0.2, -0.15) is 26.3 Å². The van der Waals surface area contributed by atoms with Gasteiger partial charge in [-0.1, -0.05) is 18.2 Å². The van der Waals surface area contributed by atoms with Crippen LogP contribution in [-0.4, -0.2) is 36.5 Å². The highest BCUT2D eigenvalue weighted by atomic mass is 19.4. The van der Waals surface area contributed by atoms with E-state index in [4.69, 9.17) is 5.73 Å². The molecular weight excluding hydrogens is 382 g/mol. The fourth-order valence-corrected chi connectivity index (χ4v) is 2.07. The minimum absolute atomic E-state index is 0.0344. The predicted octanol–water partition coefficient (Wildman–Crippen LogP) is 3.73. The second kappa shape index (κ2) is 7.72. The second-order valence-electron chi connectivity index (χ2n) is 5.24. The van der Waals surface area contributed by atoms with Crippen LogP contribution in [0.2, 0.25) is 0 Å². The van der Waals surface area contributed by atoms with E-state index in [0.717, 1.165) is 12.3 Å². The number of carbonyl (C=O) groups is 1. The van der Waals surface area contributed by atoms with E-state index in [-0.39, 0.29) is 22.4 Å². The normalized spacial score (nSPS) is 11.9. The van der Waals surface area contributed by atoms with Crippen molar-refractivity contribution in [3.05, 3.63) is 42.1 Å². The van der Waals surface area contributed by atoms with Gasteiger partial charge in [0.15, 0.2) is 13.2 Å². The first kappa shape index (κ1) is 20.3. The van der Waals surface area contributed by atoms with Crippen LogP contribution < -0.4 is 15.2 Å². The van der Waals surface area contributed by atoms with Gasteiger partial charge in [0.1, 0.15) is 5.75 Å². The van der Waals surface area contributed by atoms with Gasteiger partial charge in [0.25, 0.3) is 0 Å². The third-order valence-corrected chi connectivity index (χ3v) is 3.08. The van der Waals surface area contributed by atoms with E-state index in [2.05, 4.69) is 14.5 Å². The molecule has 0 aliphatic carbocycles. The SMILES string of the molecule is NC(=O)c1ccccc1-c1cc(OCC(F)(F)F)cnc1OCC(F)(F)F. The first-order valence-electron chi connectivity index (χ1n) is 7.24. The van der Waals surface area contributed by atoms with Crippen LogP contribution in [0.5, 0.6) is 11.6 Å². The Hall–Kier alpha value is -2.98. The molecule has 1 aromatic heterocycles. The minimum Gasteiger partial charge on any atom is -0.482 e. The number of hydrogen-bond acceptors (Lipinski definition) is 4. The van der Waals surface area contributed by atoms with E-state index in [0.29, 0.717) is 0 Å². The number of alkyl halides is 6. The fourth-order valence-electron chi connectivity index (χ4n) is 2.07. The molecule has 0 spiro atoms. The first-order chi connectivity index (χ1) is 12.5. The molecule has 1 heterocycles. The highest BCUT2D eigenvalue weighted by Crippen LogP contribution is 2.35. The van der Waals surface area contributed by atoms with Gasteiger partial charge in [-0.3, -0.25) is 4.79 Å². The van der Waals surface area contributed by atoms with Gasteiger partial charge < -0.3 is 15.2 Å². The van der Waals surface area contributed by atoms with Crippen LogP contribution in [0.15, 0.2) is 36.5 Å². The van der Waals surface area contributed by atoms with Gasteiger partial charge in [0.2, 0.25) is 11.8 Å². The van der Waals surface area contributed by atoms with E-state index in [9.17, 15) is 31.1 Å². The van der Waals surface area contributed by atoms with Gasteiger partial charge >= 0.3 is 12.4 Å². The number of amides is 1. The zero-order valence-electron chi connectivity index (χ0n) is 13.4. The molecule has 27 heavy (non-hydrogen) atoms. The van der Waals surface area contributed by atoms with Crippen LogP contribution in [0, 0.1) is 0 Å². The zero-order chi connectivity index (χ0) is 20.2. The van der Waals surface area contributed by atoms with Crippen molar-refractivity contribution in [3.63, 3.8) is 0 Å².